The van der Waals surface area contributed by atoms with Gasteiger partial charge in [-0.2, -0.15) is 5.10 Å². The van der Waals surface area contributed by atoms with E-state index in [0.29, 0.717) is 22.3 Å². The molecule has 0 aliphatic heterocycles. The third kappa shape index (κ3) is 4.86. The second-order valence-electron chi connectivity index (χ2n) is 8.19. The number of esters is 1. The van der Waals surface area contributed by atoms with Crippen LogP contribution in [0, 0.1) is 17.0 Å². The molecular weight excluding hydrogens is 450 g/mol. The summed E-state index contributed by atoms with van der Waals surface area (Å²) in [4.78, 5) is 40.9. The van der Waals surface area contributed by atoms with E-state index in [4.69, 9.17) is 9.72 Å². The van der Waals surface area contributed by atoms with Gasteiger partial charge in [-0.05, 0) is 32.4 Å². The van der Waals surface area contributed by atoms with Crippen LogP contribution in [0.25, 0.3) is 22.3 Å². The summed E-state index contributed by atoms with van der Waals surface area (Å²) >= 11 is 0. The first kappa shape index (κ1) is 23.6. The molecule has 0 atom stereocenters. The van der Waals surface area contributed by atoms with Crippen molar-refractivity contribution in [3.8, 4) is 11.3 Å². The molecule has 0 aliphatic carbocycles. The summed E-state index contributed by atoms with van der Waals surface area (Å²) < 4.78 is 7.00. The zero-order chi connectivity index (χ0) is 25.1. The van der Waals surface area contributed by atoms with Crippen LogP contribution in [-0.4, -0.2) is 38.2 Å². The molecule has 4 aromatic rings. The fourth-order valence-electron chi connectivity index (χ4n) is 3.67. The van der Waals surface area contributed by atoms with Crippen molar-refractivity contribution in [3.63, 3.8) is 0 Å². The van der Waals surface area contributed by atoms with Crippen LogP contribution in [0.3, 0.4) is 0 Å². The topological polar surface area (TPSA) is 129 Å². The summed E-state index contributed by atoms with van der Waals surface area (Å²) in [5, 5.41) is 18.6. The lowest BCUT2D eigenvalue weighted by molar-refractivity contribution is -0.384. The van der Waals surface area contributed by atoms with Crippen molar-refractivity contribution in [2.45, 2.75) is 26.8 Å². The molecule has 35 heavy (non-hydrogen) atoms. The van der Waals surface area contributed by atoms with Gasteiger partial charge >= 0.3 is 5.97 Å². The molecule has 1 amide bonds. The number of carbonyl (C=O) groups is 2. The van der Waals surface area contributed by atoms with Gasteiger partial charge in [0.1, 0.15) is 5.69 Å². The molecule has 0 saturated heterocycles. The summed E-state index contributed by atoms with van der Waals surface area (Å²) in [6.45, 7) is 4.93. The standard InChI is InChI=1S/C25H23N5O5/c1-15(2)29-24-19(13-26-29)18(12-20(27-24)17-9-5-4-6-10-17)25(32)35-14-22(31)28-23-16(3)8-7-11-21(23)30(33)34/h4-13,15H,14H2,1-3H3,(H,28,31). The minimum absolute atomic E-state index is 0.00516. The highest BCUT2D eigenvalue weighted by atomic mass is 16.6. The number of fused-ring (bicyclic) bond motifs is 1. The summed E-state index contributed by atoms with van der Waals surface area (Å²) in [5.41, 5.74) is 2.45. The number of nitro benzene ring substituents is 1. The quantitative estimate of drug-likeness (QED) is 0.234. The minimum Gasteiger partial charge on any atom is -0.452 e. The fourth-order valence-corrected chi connectivity index (χ4v) is 3.67. The van der Waals surface area contributed by atoms with Gasteiger partial charge in [0.15, 0.2) is 12.3 Å². The Kier molecular flexibility index (Phi) is 6.54. The molecule has 0 radical (unpaired) electrons. The number of amides is 1. The van der Waals surface area contributed by atoms with Gasteiger partial charge in [-0.15, -0.1) is 0 Å². The van der Waals surface area contributed by atoms with Gasteiger partial charge in [-0.3, -0.25) is 14.9 Å². The van der Waals surface area contributed by atoms with Gasteiger partial charge in [0.2, 0.25) is 0 Å². The van der Waals surface area contributed by atoms with Gasteiger partial charge < -0.3 is 10.1 Å². The van der Waals surface area contributed by atoms with Crippen molar-refractivity contribution >= 4 is 34.3 Å². The predicted molar refractivity (Wildman–Crippen MR) is 130 cm³/mol. The Bertz CT molecular complexity index is 1430. The van der Waals surface area contributed by atoms with Crippen molar-refractivity contribution < 1.29 is 19.2 Å². The number of nitro groups is 1. The number of ether oxygens (including phenoxy) is 1. The number of hydrogen-bond donors (Lipinski definition) is 1. The lowest BCUT2D eigenvalue weighted by Crippen LogP contribution is -2.22. The lowest BCUT2D eigenvalue weighted by Gasteiger charge is -2.11. The molecule has 2 aromatic carbocycles. The maximum Gasteiger partial charge on any atom is 0.339 e. The van der Waals surface area contributed by atoms with Crippen LogP contribution >= 0.6 is 0 Å². The Morgan fingerprint density at radius 1 is 1.14 bits per heavy atom. The van der Waals surface area contributed by atoms with Gasteiger partial charge in [-0.1, -0.05) is 42.5 Å². The molecule has 0 bridgehead atoms. The van der Waals surface area contributed by atoms with Crippen LogP contribution in [0.1, 0.15) is 35.8 Å². The molecule has 10 heteroatoms. The number of nitrogens with zero attached hydrogens (tertiary/aromatic N) is 4. The highest BCUT2D eigenvalue weighted by Crippen LogP contribution is 2.28. The molecule has 4 rings (SSSR count). The molecule has 2 aromatic heterocycles. The molecule has 178 valence electrons. The number of hydrogen-bond acceptors (Lipinski definition) is 7. The van der Waals surface area contributed by atoms with E-state index in [2.05, 4.69) is 10.4 Å². The normalized spacial score (nSPS) is 11.0. The van der Waals surface area contributed by atoms with Crippen LogP contribution in [-0.2, 0) is 9.53 Å². The smallest absolute Gasteiger partial charge is 0.339 e. The Hall–Kier alpha value is -4.60. The molecule has 0 aliphatic rings. The van der Waals surface area contributed by atoms with Crippen LogP contribution in [0.5, 0.6) is 0 Å². The Labute approximate surface area is 200 Å². The van der Waals surface area contributed by atoms with Crippen molar-refractivity contribution in [3.05, 3.63) is 82.0 Å². The molecule has 2 heterocycles. The monoisotopic (exact) mass is 473 g/mol. The highest BCUT2D eigenvalue weighted by molar-refractivity contribution is 6.05. The van der Waals surface area contributed by atoms with Crippen LogP contribution in [0.2, 0.25) is 0 Å². The fraction of sp³-hybridized carbons (Fsp3) is 0.200. The molecule has 10 nitrogen and oxygen atoms in total. The first-order valence-corrected chi connectivity index (χ1v) is 10.9. The van der Waals surface area contributed by atoms with Gasteiger partial charge in [0.05, 0.1) is 27.8 Å². The van der Waals surface area contributed by atoms with Crippen molar-refractivity contribution in [2.24, 2.45) is 0 Å². The minimum atomic E-state index is -0.729. The van der Waals surface area contributed by atoms with E-state index < -0.39 is 23.4 Å². The van der Waals surface area contributed by atoms with E-state index in [1.807, 2.05) is 44.2 Å². The number of anilines is 1. The average molecular weight is 473 g/mol. The van der Waals surface area contributed by atoms with Crippen molar-refractivity contribution in [1.82, 2.24) is 14.8 Å². The number of para-hydroxylation sites is 1. The predicted octanol–water partition coefficient (Wildman–Crippen LogP) is 4.69. The summed E-state index contributed by atoms with van der Waals surface area (Å²) in [5.74, 6) is -1.42. The highest BCUT2D eigenvalue weighted by Gasteiger charge is 2.22. The van der Waals surface area contributed by atoms with E-state index in [1.54, 1.807) is 29.9 Å². The number of carbonyl (C=O) groups excluding carboxylic acids is 2. The largest absolute Gasteiger partial charge is 0.452 e. The molecule has 1 N–H and O–H groups in total. The molecular formula is C25H23N5O5. The van der Waals surface area contributed by atoms with Gasteiger partial charge in [0.25, 0.3) is 11.6 Å². The van der Waals surface area contributed by atoms with Crippen molar-refractivity contribution in [1.29, 1.82) is 0 Å². The van der Waals surface area contributed by atoms with E-state index in [-0.39, 0.29) is 23.0 Å². The van der Waals surface area contributed by atoms with Crippen molar-refractivity contribution in [2.75, 3.05) is 11.9 Å². The number of aryl methyl sites for hydroxylation is 1. The zero-order valence-corrected chi connectivity index (χ0v) is 19.4. The van der Waals surface area contributed by atoms with Gasteiger partial charge in [-0.25, -0.2) is 14.5 Å². The maximum atomic E-state index is 13.0. The third-order valence-electron chi connectivity index (χ3n) is 5.39. The SMILES string of the molecule is Cc1cccc([N+](=O)[O-])c1NC(=O)COC(=O)c1cc(-c2ccccc2)nc2c1cnn2C(C)C. The Balaban J connectivity index is 1.61. The molecule has 0 fully saturated rings. The third-order valence-corrected chi connectivity index (χ3v) is 5.39. The molecule has 0 spiro atoms. The summed E-state index contributed by atoms with van der Waals surface area (Å²) in [6, 6.07) is 15.4. The number of pyridine rings is 1. The Morgan fingerprint density at radius 3 is 2.57 bits per heavy atom. The first-order chi connectivity index (χ1) is 16.8. The van der Waals surface area contributed by atoms with E-state index >= 15 is 0 Å². The second-order valence-corrected chi connectivity index (χ2v) is 8.19. The molecule has 0 unspecified atom stereocenters. The van der Waals surface area contributed by atoms with Crippen LogP contribution in [0.4, 0.5) is 11.4 Å². The van der Waals surface area contributed by atoms with Crippen LogP contribution < -0.4 is 5.32 Å². The molecule has 0 saturated carbocycles. The first-order valence-electron chi connectivity index (χ1n) is 10.9. The number of rotatable bonds is 7. The van der Waals surface area contributed by atoms with E-state index in [1.165, 1.54) is 12.1 Å². The summed E-state index contributed by atoms with van der Waals surface area (Å²) in [7, 11) is 0. The zero-order valence-electron chi connectivity index (χ0n) is 19.4. The maximum absolute atomic E-state index is 13.0. The summed E-state index contributed by atoms with van der Waals surface area (Å²) in [6.07, 6.45) is 1.55. The second kappa shape index (κ2) is 9.72. The number of aromatic nitrogens is 3. The number of nitrogens with one attached hydrogen (secondary N) is 1. The number of benzene rings is 2. The van der Waals surface area contributed by atoms with Crippen LogP contribution in [0.15, 0.2) is 60.8 Å². The van der Waals surface area contributed by atoms with Gasteiger partial charge in [0, 0.05) is 17.7 Å². The lowest BCUT2D eigenvalue weighted by atomic mass is 10.1. The Morgan fingerprint density at radius 2 is 1.89 bits per heavy atom. The average Bonchev–Trinajstić information content (AvgIpc) is 3.28. The van der Waals surface area contributed by atoms with E-state index in [0.717, 1.165) is 5.56 Å². The van der Waals surface area contributed by atoms with E-state index in [9.17, 15) is 19.7 Å².